The van der Waals surface area contributed by atoms with Crippen LogP contribution >= 0.6 is 0 Å². The Balaban J connectivity index is 1.79. The molecule has 0 spiro atoms. The molecule has 2 heterocycles. The van der Waals surface area contributed by atoms with Crippen LogP contribution in [0.3, 0.4) is 0 Å². The molecule has 2 saturated heterocycles. The Kier molecular flexibility index (Phi) is 4.68. The molecule has 0 amide bonds. The molecule has 0 radical (unpaired) electrons. The number of hydrogen-bond acceptors (Lipinski definition) is 3. The zero-order valence-corrected chi connectivity index (χ0v) is 12.7. The third-order valence-electron chi connectivity index (χ3n) is 4.44. The normalized spacial score (nSPS) is 29.8. The topological polar surface area (TPSA) is 18.5 Å². The third-order valence-corrected chi connectivity index (χ3v) is 4.44. The van der Waals surface area contributed by atoms with Crippen molar-refractivity contribution >= 4 is 0 Å². The zero-order valence-electron chi connectivity index (χ0n) is 12.7. The average molecular weight is 253 g/mol. The first-order valence-electron chi connectivity index (χ1n) is 7.60. The number of fused-ring (bicyclic) bond motifs is 1. The molecule has 0 aromatic heterocycles. The highest BCUT2D eigenvalue weighted by Gasteiger charge is 2.35. The van der Waals surface area contributed by atoms with Gasteiger partial charge >= 0.3 is 0 Å². The molecule has 0 aromatic carbocycles. The van der Waals surface area contributed by atoms with Crippen LogP contribution in [-0.2, 0) is 0 Å². The van der Waals surface area contributed by atoms with Crippen molar-refractivity contribution in [1.29, 1.82) is 0 Å². The van der Waals surface area contributed by atoms with Crippen molar-refractivity contribution in [3.63, 3.8) is 0 Å². The first kappa shape index (κ1) is 14.3. The van der Waals surface area contributed by atoms with Gasteiger partial charge in [0.2, 0.25) is 0 Å². The van der Waals surface area contributed by atoms with Gasteiger partial charge in [-0.3, -0.25) is 4.90 Å². The summed E-state index contributed by atoms with van der Waals surface area (Å²) in [6.07, 6.45) is 5.60. The van der Waals surface area contributed by atoms with Crippen LogP contribution < -0.4 is 5.32 Å². The number of nitrogens with one attached hydrogen (secondary N) is 1. The monoisotopic (exact) mass is 253 g/mol. The van der Waals surface area contributed by atoms with Crippen molar-refractivity contribution in [2.45, 2.75) is 51.6 Å². The zero-order chi connectivity index (χ0) is 13.2. The van der Waals surface area contributed by atoms with Gasteiger partial charge in [-0.25, -0.2) is 0 Å². The van der Waals surface area contributed by atoms with Gasteiger partial charge in [-0.1, -0.05) is 20.3 Å². The summed E-state index contributed by atoms with van der Waals surface area (Å²) in [4.78, 5) is 5.00. The molecule has 2 atom stereocenters. The fourth-order valence-corrected chi connectivity index (χ4v) is 3.80. The van der Waals surface area contributed by atoms with Gasteiger partial charge in [-0.2, -0.15) is 0 Å². The minimum atomic E-state index is 0.367. The summed E-state index contributed by atoms with van der Waals surface area (Å²) in [5.41, 5.74) is 0.367. The summed E-state index contributed by atoms with van der Waals surface area (Å²) in [5, 5.41) is 3.86. The second-order valence-electron chi connectivity index (χ2n) is 7.28. The highest BCUT2D eigenvalue weighted by Crippen LogP contribution is 2.27. The van der Waals surface area contributed by atoms with E-state index in [1.807, 2.05) is 0 Å². The molecular formula is C15H31N3. The Morgan fingerprint density at radius 2 is 1.94 bits per heavy atom. The van der Waals surface area contributed by atoms with Crippen LogP contribution in [0.4, 0.5) is 0 Å². The van der Waals surface area contributed by atoms with E-state index in [0.29, 0.717) is 5.41 Å². The first-order valence-corrected chi connectivity index (χ1v) is 7.60. The maximum atomic E-state index is 3.86. The molecular weight excluding hydrogens is 222 g/mol. The van der Waals surface area contributed by atoms with E-state index in [-0.39, 0.29) is 0 Å². The highest BCUT2D eigenvalue weighted by molar-refractivity contribution is 4.94. The Morgan fingerprint density at radius 3 is 2.67 bits per heavy atom. The van der Waals surface area contributed by atoms with E-state index in [0.717, 1.165) is 25.2 Å². The first-order chi connectivity index (χ1) is 8.48. The van der Waals surface area contributed by atoms with E-state index in [9.17, 15) is 0 Å². The Labute approximate surface area is 113 Å². The molecule has 2 unspecified atom stereocenters. The van der Waals surface area contributed by atoms with Crippen molar-refractivity contribution in [2.75, 3.05) is 40.3 Å². The summed E-state index contributed by atoms with van der Waals surface area (Å²) in [6, 6.07) is 1.57. The van der Waals surface area contributed by atoms with Gasteiger partial charge in [-0.15, -0.1) is 0 Å². The smallest absolute Gasteiger partial charge is 0.0249 e. The maximum Gasteiger partial charge on any atom is 0.0249 e. The molecule has 2 fully saturated rings. The maximum absolute atomic E-state index is 3.86. The summed E-state index contributed by atoms with van der Waals surface area (Å²) in [5.74, 6) is 0. The summed E-state index contributed by atoms with van der Waals surface area (Å²) < 4.78 is 0. The molecule has 0 saturated carbocycles. The molecule has 3 nitrogen and oxygen atoms in total. The number of hydrogen-bond donors (Lipinski definition) is 1. The molecule has 2 aliphatic heterocycles. The second kappa shape index (κ2) is 5.89. The lowest BCUT2D eigenvalue weighted by Gasteiger charge is -2.35. The summed E-state index contributed by atoms with van der Waals surface area (Å²) >= 11 is 0. The van der Waals surface area contributed by atoms with Crippen LogP contribution in [0.5, 0.6) is 0 Å². The molecule has 18 heavy (non-hydrogen) atoms. The summed E-state index contributed by atoms with van der Waals surface area (Å²) in [7, 11) is 4.33. The van der Waals surface area contributed by atoms with E-state index in [4.69, 9.17) is 0 Å². The SMILES string of the molecule is CN(C)CC(C)(C)CNC1CCN2CCCCC12. The molecule has 2 rings (SSSR count). The van der Waals surface area contributed by atoms with Crippen LogP contribution in [0.25, 0.3) is 0 Å². The second-order valence-corrected chi connectivity index (χ2v) is 7.28. The highest BCUT2D eigenvalue weighted by atomic mass is 15.2. The molecule has 106 valence electrons. The Bertz CT molecular complexity index is 262. The van der Waals surface area contributed by atoms with Gasteiger partial charge in [0, 0.05) is 31.7 Å². The van der Waals surface area contributed by atoms with Gasteiger partial charge in [0.25, 0.3) is 0 Å². The van der Waals surface area contributed by atoms with Gasteiger partial charge in [-0.05, 0) is 45.3 Å². The largest absolute Gasteiger partial charge is 0.312 e. The number of piperidine rings is 1. The van der Waals surface area contributed by atoms with Crippen LogP contribution in [0, 0.1) is 5.41 Å². The van der Waals surface area contributed by atoms with E-state index >= 15 is 0 Å². The Morgan fingerprint density at radius 1 is 1.17 bits per heavy atom. The molecule has 1 N–H and O–H groups in total. The molecule has 0 bridgehead atoms. The quantitative estimate of drug-likeness (QED) is 0.806. The van der Waals surface area contributed by atoms with Crippen LogP contribution in [0.1, 0.15) is 39.5 Å². The van der Waals surface area contributed by atoms with E-state index < -0.39 is 0 Å². The molecule has 0 aromatic rings. The van der Waals surface area contributed by atoms with Crippen molar-refractivity contribution in [3.05, 3.63) is 0 Å². The predicted octanol–water partition coefficient (Wildman–Crippen LogP) is 1.79. The van der Waals surface area contributed by atoms with Crippen LogP contribution in [-0.4, -0.2) is 62.2 Å². The average Bonchev–Trinajstić information content (AvgIpc) is 2.68. The van der Waals surface area contributed by atoms with Gasteiger partial charge in [0.1, 0.15) is 0 Å². The fraction of sp³-hybridized carbons (Fsp3) is 1.00. The predicted molar refractivity (Wildman–Crippen MR) is 78.0 cm³/mol. The lowest BCUT2D eigenvalue weighted by atomic mass is 9.91. The van der Waals surface area contributed by atoms with Gasteiger partial charge < -0.3 is 10.2 Å². The van der Waals surface area contributed by atoms with Crippen molar-refractivity contribution in [1.82, 2.24) is 15.1 Å². The van der Waals surface area contributed by atoms with Crippen molar-refractivity contribution in [3.8, 4) is 0 Å². The van der Waals surface area contributed by atoms with E-state index in [1.165, 1.54) is 38.8 Å². The fourth-order valence-electron chi connectivity index (χ4n) is 3.80. The van der Waals surface area contributed by atoms with Crippen LogP contribution in [0.2, 0.25) is 0 Å². The lowest BCUT2D eigenvalue weighted by molar-refractivity contribution is 0.169. The third kappa shape index (κ3) is 3.69. The summed E-state index contributed by atoms with van der Waals surface area (Å²) in [6.45, 7) is 9.68. The standard InChI is InChI=1S/C15H31N3/c1-15(2,12-17(3)4)11-16-13-8-10-18-9-6-5-7-14(13)18/h13-14,16H,5-12H2,1-4H3. The van der Waals surface area contributed by atoms with Gasteiger partial charge in [0.15, 0.2) is 0 Å². The molecule has 2 aliphatic rings. The minimum Gasteiger partial charge on any atom is -0.312 e. The van der Waals surface area contributed by atoms with E-state index in [2.05, 4.69) is 43.1 Å². The lowest BCUT2D eigenvalue weighted by Crippen LogP contribution is -2.48. The molecule has 0 aliphatic carbocycles. The van der Waals surface area contributed by atoms with Gasteiger partial charge in [0.05, 0.1) is 0 Å². The van der Waals surface area contributed by atoms with E-state index in [1.54, 1.807) is 0 Å². The van der Waals surface area contributed by atoms with Crippen LogP contribution in [0.15, 0.2) is 0 Å². The number of rotatable bonds is 5. The molecule has 3 heteroatoms. The minimum absolute atomic E-state index is 0.367. The Hall–Kier alpha value is -0.120. The van der Waals surface area contributed by atoms with Crippen molar-refractivity contribution in [2.24, 2.45) is 5.41 Å². The van der Waals surface area contributed by atoms with Crippen molar-refractivity contribution < 1.29 is 0 Å². The number of nitrogens with zero attached hydrogens (tertiary/aromatic N) is 2.